The van der Waals surface area contributed by atoms with E-state index in [1.54, 1.807) is 6.20 Å². The van der Waals surface area contributed by atoms with E-state index in [9.17, 15) is 4.79 Å². The number of thiazole rings is 1. The van der Waals surface area contributed by atoms with Gasteiger partial charge in [0.15, 0.2) is 5.13 Å². The predicted octanol–water partition coefficient (Wildman–Crippen LogP) is 3.03. The van der Waals surface area contributed by atoms with Gasteiger partial charge in [-0.05, 0) is 12.8 Å². The molecule has 0 unspecified atom stereocenters. The molecule has 0 spiro atoms. The Morgan fingerprint density at radius 3 is 2.75 bits per heavy atom. The number of nitrogens with zero attached hydrogens (tertiary/aromatic N) is 1. The van der Waals surface area contributed by atoms with E-state index in [-0.39, 0.29) is 18.4 Å². The number of carbonyl (C=O) groups is 1. The van der Waals surface area contributed by atoms with Crippen LogP contribution >= 0.6 is 11.3 Å². The first-order valence-electron chi connectivity index (χ1n) is 7.07. The average molecular weight is 294 g/mol. The maximum Gasteiger partial charge on any atom is 0.229 e. The number of aromatic nitrogens is 1. The van der Waals surface area contributed by atoms with Crippen molar-refractivity contribution < 1.29 is 9.90 Å². The molecule has 20 heavy (non-hydrogen) atoms. The number of carbonyl (C=O) groups excluding carboxylic acids is 1. The molecule has 0 aliphatic rings. The number of rotatable bonds is 7. The second kappa shape index (κ2) is 9.51. The van der Waals surface area contributed by atoms with Gasteiger partial charge in [0.05, 0.1) is 17.7 Å². The molecule has 1 amide bonds. The van der Waals surface area contributed by atoms with Crippen LogP contribution in [0, 0.1) is 17.8 Å². The van der Waals surface area contributed by atoms with Gasteiger partial charge in [0.1, 0.15) is 0 Å². The quantitative estimate of drug-likeness (QED) is 0.760. The minimum absolute atomic E-state index is 0.0536. The summed E-state index contributed by atoms with van der Waals surface area (Å²) in [7, 11) is 0. The van der Waals surface area contributed by atoms with Gasteiger partial charge in [-0.1, -0.05) is 49.9 Å². The van der Waals surface area contributed by atoms with Crippen molar-refractivity contribution in [1.29, 1.82) is 0 Å². The third-order valence-corrected chi connectivity index (χ3v) is 3.66. The van der Waals surface area contributed by atoms with Crippen LogP contribution in [0.2, 0.25) is 0 Å². The maximum atomic E-state index is 12.1. The average Bonchev–Trinajstić information content (AvgIpc) is 2.86. The molecular weight excluding hydrogens is 272 g/mol. The Balaban J connectivity index is 2.59. The van der Waals surface area contributed by atoms with Gasteiger partial charge in [0.2, 0.25) is 5.91 Å². The van der Waals surface area contributed by atoms with Crippen LogP contribution in [-0.4, -0.2) is 22.6 Å². The molecule has 1 rings (SSSR count). The highest BCUT2D eigenvalue weighted by Gasteiger charge is 2.17. The van der Waals surface area contributed by atoms with Gasteiger partial charge in [-0.15, -0.1) is 0 Å². The number of aliphatic hydroxyl groups excluding tert-OH is 1. The number of hydrogen-bond donors (Lipinski definition) is 2. The Morgan fingerprint density at radius 1 is 1.45 bits per heavy atom. The summed E-state index contributed by atoms with van der Waals surface area (Å²) in [6.07, 6.45) is 5.94. The molecule has 0 aromatic carbocycles. The van der Waals surface area contributed by atoms with Crippen molar-refractivity contribution in [2.24, 2.45) is 5.92 Å². The van der Waals surface area contributed by atoms with E-state index in [0.29, 0.717) is 11.6 Å². The molecule has 0 atom stereocenters. The van der Waals surface area contributed by atoms with Crippen molar-refractivity contribution in [3.05, 3.63) is 11.1 Å². The summed E-state index contributed by atoms with van der Waals surface area (Å²) in [5.74, 6) is 5.87. The number of hydrogen-bond acceptors (Lipinski definition) is 4. The molecule has 0 saturated heterocycles. The van der Waals surface area contributed by atoms with E-state index < -0.39 is 0 Å². The normalized spacial score (nSPS) is 10.2. The zero-order valence-electron chi connectivity index (χ0n) is 12.1. The molecule has 0 aliphatic heterocycles. The first-order chi connectivity index (χ1) is 9.71. The van der Waals surface area contributed by atoms with Crippen LogP contribution in [0.3, 0.4) is 0 Å². The van der Waals surface area contributed by atoms with Crippen molar-refractivity contribution >= 4 is 22.4 Å². The van der Waals surface area contributed by atoms with Gasteiger partial charge >= 0.3 is 0 Å². The third-order valence-electron chi connectivity index (χ3n) is 2.83. The molecular formula is C15H22N2O2S. The summed E-state index contributed by atoms with van der Waals surface area (Å²) in [6, 6.07) is 0. The zero-order chi connectivity index (χ0) is 14.8. The molecule has 0 bridgehead atoms. The Kier molecular flexibility index (Phi) is 7.93. The first kappa shape index (κ1) is 16.7. The molecule has 1 aromatic heterocycles. The van der Waals surface area contributed by atoms with Crippen LogP contribution in [0.5, 0.6) is 0 Å². The smallest absolute Gasteiger partial charge is 0.229 e. The zero-order valence-corrected chi connectivity index (χ0v) is 12.9. The van der Waals surface area contributed by atoms with Crippen LogP contribution in [0.4, 0.5) is 5.13 Å². The maximum absolute atomic E-state index is 12.1. The van der Waals surface area contributed by atoms with Crippen LogP contribution in [-0.2, 0) is 4.79 Å². The van der Waals surface area contributed by atoms with E-state index in [1.165, 1.54) is 11.3 Å². The standard InChI is InChI=1S/C15H22N2O2S/c1-3-7-12(8-4-2)14(19)17-15-16-11-13(20-15)9-5-6-10-18/h11-12,18H,3-4,6-8,10H2,1-2H3,(H,16,17,19). The second-order valence-electron chi connectivity index (χ2n) is 4.57. The van der Waals surface area contributed by atoms with E-state index in [0.717, 1.165) is 30.6 Å². The highest BCUT2D eigenvalue weighted by molar-refractivity contribution is 7.16. The van der Waals surface area contributed by atoms with Gasteiger partial charge in [-0.3, -0.25) is 4.79 Å². The van der Waals surface area contributed by atoms with E-state index in [4.69, 9.17) is 5.11 Å². The van der Waals surface area contributed by atoms with Crippen molar-refractivity contribution in [2.45, 2.75) is 46.0 Å². The predicted molar refractivity (Wildman–Crippen MR) is 82.6 cm³/mol. The molecule has 5 heteroatoms. The molecule has 110 valence electrons. The number of anilines is 1. The molecule has 1 heterocycles. The summed E-state index contributed by atoms with van der Waals surface area (Å²) in [6.45, 7) is 4.24. The fourth-order valence-corrected chi connectivity index (χ4v) is 2.60. The van der Waals surface area contributed by atoms with Crippen LogP contribution in [0.25, 0.3) is 0 Å². The monoisotopic (exact) mass is 294 g/mol. The van der Waals surface area contributed by atoms with Crippen LogP contribution < -0.4 is 5.32 Å². The lowest BCUT2D eigenvalue weighted by Crippen LogP contribution is -2.22. The molecule has 2 N–H and O–H groups in total. The number of amides is 1. The lowest BCUT2D eigenvalue weighted by Gasteiger charge is -2.13. The summed E-state index contributed by atoms with van der Waals surface area (Å²) in [5.41, 5.74) is 0. The van der Waals surface area contributed by atoms with Crippen LogP contribution in [0.1, 0.15) is 50.8 Å². The van der Waals surface area contributed by atoms with Crippen molar-refractivity contribution in [1.82, 2.24) is 4.98 Å². The highest BCUT2D eigenvalue weighted by atomic mass is 32.1. The number of aliphatic hydroxyl groups is 1. The van der Waals surface area contributed by atoms with E-state index in [1.807, 2.05) is 0 Å². The SMILES string of the molecule is CCCC(CCC)C(=O)Nc1ncc(C#CCCO)s1. The first-order valence-corrected chi connectivity index (χ1v) is 7.89. The Labute approximate surface area is 124 Å². The minimum Gasteiger partial charge on any atom is -0.395 e. The van der Waals surface area contributed by atoms with Crippen LogP contribution in [0.15, 0.2) is 6.20 Å². The van der Waals surface area contributed by atoms with Crippen molar-refractivity contribution in [2.75, 3.05) is 11.9 Å². The summed E-state index contributed by atoms with van der Waals surface area (Å²) in [5, 5.41) is 12.1. The molecule has 0 saturated carbocycles. The third kappa shape index (κ3) is 5.72. The Morgan fingerprint density at radius 2 is 2.15 bits per heavy atom. The van der Waals surface area contributed by atoms with E-state index in [2.05, 4.69) is 36.0 Å². The van der Waals surface area contributed by atoms with Gasteiger partial charge in [-0.2, -0.15) is 0 Å². The van der Waals surface area contributed by atoms with Gasteiger partial charge < -0.3 is 10.4 Å². The second-order valence-corrected chi connectivity index (χ2v) is 5.60. The molecule has 4 nitrogen and oxygen atoms in total. The van der Waals surface area contributed by atoms with Gasteiger partial charge in [0.25, 0.3) is 0 Å². The molecule has 0 fully saturated rings. The Bertz CT molecular complexity index is 468. The topological polar surface area (TPSA) is 62.2 Å². The largest absolute Gasteiger partial charge is 0.395 e. The lowest BCUT2D eigenvalue weighted by atomic mass is 9.97. The lowest BCUT2D eigenvalue weighted by molar-refractivity contribution is -0.120. The van der Waals surface area contributed by atoms with Crippen molar-refractivity contribution in [3.8, 4) is 11.8 Å². The number of nitrogens with one attached hydrogen (secondary N) is 1. The molecule has 0 radical (unpaired) electrons. The van der Waals surface area contributed by atoms with Gasteiger partial charge in [0, 0.05) is 12.3 Å². The van der Waals surface area contributed by atoms with E-state index >= 15 is 0 Å². The molecule has 0 aliphatic carbocycles. The summed E-state index contributed by atoms with van der Waals surface area (Å²) < 4.78 is 0. The minimum atomic E-state index is 0.0536. The Hall–Kier alpha value is -1.38. The fraction of sp³-hybridized carbons (Fsp3) is 0.600. The fourth-order valence-electron chi connectivity index (χ4n) is 1.91. The summed E-state index contributed by atoms with van der Waals surface area (Å²) >= 11 is 1.37. The molecule has 1 aromatic rings. The highest BCUT2D eigenvalue weighted by Crippen LogP contribution is 2.20. The van der Waals surface area contributed by atoms with Crippen molar-refractivity contribution in [3.63, 3.8) is 0 Å². The summed E-state index contributed by atoms with van der Waals surface area (Å²) in [4.78, 5) is 17.1. The van der Waals surface area contributed by atoms with Gasteiger partial charge in [-0.25, -0.2) is 4.98 Å².